The number of anilines is 1. The number of phenolic OH excluding ortho intramolecular Hbond substituents is 3. The number of aromatic hydroxyl groups is 3. The first kappa shape index (κ1) is 19.8. The number of halogens is 1. The van der Waals surface area contributed by atoms with Gasteiger partial charge in [-0.1, -0.05) is 11.6 Å². The molecule has 0 aliphatic carbocycles. The maximum Gasteiger partial charge on any atom is 0.339 e. The Balaban J connectivity index is 2.07. The summed E-state index contributed by atoms with van der Waals surface area (Å²) in [5, 5.41) is 41.0. The van der Waals surface area contributed by atoms with Gasteiger partial charge in [0.25, 0.3) is 11.6 Å². The highest BCUT2D eigenvalue weighted by molar-refractivity contribution is 6.34. The number of rotatable bonds is 5. The average molecular weight is 397 g/mol. The van der Waals surface area contributed by atoms with Gasteiger partial charge in [-0.25, -0.2) is 4.79 Å². The van der Waals surface area contributed by atoms with Crippen molar-refractivity contribution in [3.63, 3.8) is 0 Å². The molecule has 11 heteroatoms. The summed E-state index contributed by atoms with van der Waals surface area (Å²) in [5.41, 5.74) is -0.477. The highest BCUT2D eigenvalue weighted by Gasteiger charge is 2.22. The predicted molar refractivity (Wildman–Crippen MR) is 93.0 cm³/mol. The standard InChI is InChI=1S/C16H13ClN2O8/c1-7(27-16(24)8-4-12(20)14(22)13(21)5-8)15(23)18-11-3-2-9(19(25)26)6-10(11)17/h2-7,20-22H,1H3,(H,18,23). The SMILES string of the molecule is CC(OC(=O)c1cc(O)c(O)c(O)c1)C(=O)Nc1ccc([N+](=O)[O-])cc1Cl. The highest BCUT2D eigenvalue weighted by atomic mass is 35.5. The van der Waals surface area contributed by atoms with Crippen molar-refractivity contribution in [1.82, 2.24) is 0 Å². The minimum absolute atomic E-state index is 0.0788. The van der Waals surface area contributed by atoms with Crippen LogP contribution >= 0.6 is 11.6 Å². The third-order valence-corrected chi connectivity index (χ3v) is 3.69. The number of hydrogen-bond donors (Lipinski definition) is 4. The van der Waals surface area contributed by atoms with Crippen molar-refractivity contribution in [1.29, 1.82) is 0 Å². The summed E-state index contributed by atoms with van der Waals surface area (Å²) in [5.74, 6) is -4.09. The van der Waals surface area contributed by atoms with Gasteiger partial charge in [0.1, 0.15) is 0 Å². The lowest BCUT2D eigenvalue weighted by atomic mass is 10.2. The maximum absolute atomic E-state index is 12.1. The van der Waals surface area contributed by atoms with Crippen LogP contribution in [-0.4, -0.2) is 38.2 Å². The molecule has 2 rings (SSSR count). The van der Waals surface area contributed by atoms with E-state index < -0.39 is 40.2 Å². The van der Waals surface area contributed by atoms with Gasteiger partial charge in [0.2, 0.25) is 0 Å². The fourth-order valence-electron chi connectivity index (χ4n) is 1.96. The molecule has 2 aromatic carbocycles. The largest absolute Gasteiger partial charge is 0.504 e. The van der Waals surface area contributed by atoms with Crippen LogP contribution < -0.4 is 5.32 Å². The number of ether oxygens (including phenoxy) is 1. The van der Waals surface area contributed by atoms with E-state index >= 15 is 0 Å². The van der Waals surface area contributed by atoms with Crippen LogP contribution in [0.1, 0.15) is 17.3 Å². The summed E-state index contributed by atoms with van der Waals surface area (Å²) < 4.78 is 4.92. The Hall–Kier alpha value is -3.53. The molecule has 0 aromatic heterocycles. The number of nitrogens with one attached hydrogen (secondary N) is 1. The molecule has 142 valence electrons. The Morgan fingerprint density at radius 1 is 1.19 bits per heavy atom. The number of esters is 1. The maximum atomic E-state index is 12.1. The van der Waals surface area contributed by atoms with E-state index in [4.69, 9.17) is 16.3 Å². The van der Waals surface area contributed by atoms with Crippen molar-refractivity contribution in [3.05, 3.63) is 51.0 Å². The number of nitro groups is 1. The summed E-state index contributed by atoms with van der Waals surface area (Å²) in [7, 11) is 0. The second-order valence-electron chi connectivity index (χ2n) is 5.32. The number of amides is 1. The minimum Gasteiger partial charge on any atom is -0.504 e. The molecule has 1 unspecified atom stereocenters. The number of carbonyl (C=O) groups is 2. The zero-order valence-electron chi connectivity index (χ0n) is 13.7. The molecule has 0 bridgehead atoms. The van der Waals surface area contributed by atoms with Gasteiger partial charge in [0, 0.05) is 12.1 Å². The van der Waals surface area contributed by atoms with Crippen LogP contribution in [0, 0.1) is 10.1 Å². The lowest BCUT2D eigenvalue weighted by Crippen LogP contribution is -2.30. The van der Waals surface area contributed by atoms with Gasteiger partial charge >= 0.3 is 5.97 Å². The van der Waals surface area contributed by atoms with Crippen molar-refractivity contribution in [2.75, 3.05) is 5.32 Å². The fourth-order valence-corrected chi connectivity index (χ4v) is 2.18. The van der Waals surface area contributed by atoms with Gasteiger partial charge in [-0.05, 0) is 25.1 Å². The van der Waals surface area contributed by atoms with Crippen LogP contribution in [-0.2, 0) is 9.53 Å². The molecule has 27 heavy (non-hydrogen) atoms. The average Bonchev–Trinajstić information content (AvgIpc) is 2.60. The van der Waals surface area contributed by atoms with E-state index in [1.54, 1.807) is 0 Å². The number of nitro benzene ring substituents is 1. The second-order valence-corrected chi connectivity index (χ2v) is 5.73. The van der Waals surface area contributed by atoms with Crippen LogP contribution in [0.15, 0.2) is 30.3 Å². The summed E-state index contributed by atoms with van der Waals surface area (Å²) in [6.45, 7) is 1.26. The number of hydrogen-bond acceptors (Lipinski definition) is 8. The summed E-state index contributed by atoms with van der Waals surface area (Å²) in [4.78, 5) is 34.1. The fraction of sp³-hybridized carbons (Fsp3) is 0.125. The Morgan fingerprint density at radius 3 is 2.30 bits per heavy atom. The van der Waals surface area contributed by atoms with Crippen molar-refractivity contribution in [3.8, 4) is 17.2 Å². The second kappa shape index (κ2) is 7.79. The van der Waals surface area contributed by atoms with Crippen molar-refractivity contribution >= 4 is 34.9 Å². The summed E-state index contributed by atoms with van der Waals surface area (Å²) >= 11 is 5.87. The van der Waals surface area contributed by atoms with Crippen LogP contribution in [0.2, 0.25) is 5.02 Å². The first-order valence-corrected chi connectivity index (χ1v) is 7.68. The zero-order valence-corrected chi connectivity index (χ0v) is 14.4. The first-order valence-electron chi connectivity index (χ1n) is 7.31. The van der Waals surface area contributed by atoms with E-state index in [9.17, 15) is 35.0 Å². The number of carbonyl (C=O) groups excluding carboxylic acids is 2. The molecular weight excluding hydrogens is 384 g/mol. The summed E-state index contributed by atoms with van der Waals surface area (Å²) in [6, 6.07) is 5.13. The molecule has 0 saturated carbocycles. The lowest BCUT2D eigenvalue weighted by Gasteiger charge is -2.14. The van der Waals surface area contributed by atoms with Crippen molar-refractivity contribution in [2.45, 2.75) is 13.0 Å². The lowest BCUT2D eigenvalue weighted by molar-refractivity contribution is -0.384. The van der Waals surface area contributed by atoms with E-state index in [2.05, 4.69) is 5.32 Å². The van der Waals surface area contributed by atoms with Gasteiger partial charge in [0.15, 0.2) is 23.4 Å². The van der Waals surface area contributed by atoms with Crippen LogP contribution in [0.25, 0.3) is 0 Å². The van der Waals surface area contributed by atoms with Gasteiger partial charge in [0.05, 0.1) is 21.2 Å². The van der Waals surface area contributed by atoms with Gasteiger partial charge in [-0.2, -0.15) is 0 Å². The monoisotopic (exact) mass is 396 g/mol. The van der Waals surface area contributed by atoms with Crippen LogP contribution in [0.5, 0.6) is 17.2 Å². The molecule has 1 amide bonds. The molecular formula is C16H13ClN2O8. The molecule has 0 spiro atoms. The third-order valence-electron chi connectivity index (χ3n) is 3.38. The number of nitrogens with zero attached hydrogens (tertiary/aromatic N) is 1. The normalized spacial score (nSPS) is 11.5. The molecule has 0 radical (unpaired) electrons. The van der Waals surface area contributed by atoms with E-state index in [0.29, 0.717) is 0 Å². The Morgan fingerprint density at radius 2 is 1.78 bits per heavy atom. The molecule has 0 heterocycles. The summed E-state index contributed by atoms with van der Waals surface area (Å²) in [6.07, 6.45) is -1.30. The quantitative estimate of drug-likeness (QED) is 0.259. The number of non-ortho nitro benzene ring substituents is 1. The van der Waals surface area contributed by atoms with E-state index in [-0.39, 0.29) is 22.0 Å². The molecule has 0 aliphatic heterocycles. The highest BCUT2D eigenvalue weighted by Crippen LogP contribution is 2.35. The van der Waals surface area contributed by atoms with Crippen LogP contribution in [0.4, 0.5) is 11.4 Å². The third kappa shape index (κ3) is 4.55. The molecule has 0 fully saturated rings. The van der Waals surface area contributed by atoms with Crippen molar-refractivity contribution < 1.29 is 34.6 Å². The minimum atomic E-state index is -1.30. The van der Waals surface area contributed by atoms with Gasteiger partial charge < -0.3 is 25.4 Å². The molecule has 0 aliphatic rings. The molecule has 1 atom stereocenters. The van der Waals surface area contributed by atoms with Crippen LogP contribution in [0.3, 0.4) is 0 Å². The Kier molecular flexibility index (Phi) is 5.71. The molecule has 0 saturated heterocycles. The van der Waals surface area contributed by atoms with E-state index in [0.717, 1.165) is 24.3 Å². The first-order chi connectivity index (χ1) is 12.6. The van der Waals surface area contributed by atoms with Gasteiger partial charge in [-0.15, -0.1) is 0 Å². The molecule has 10 nitrogen and oxygen atoms in total. The topological polar surface area (TPSA) is 159 Å². The molecule has 2 aromatic rings. The zero-order chi connectivity index (χ0) is 20.3. The number of benzene rings is 2. The molecule has 4 N–H and O–H groups in total. The number of phenols is 3. The predicted octanol–water partition coefficient (Wildman–Crippen LogP) is 2.55. The van der Waals surface area contributed by atoms with E-state index in [1.165, 1.54) is 13.0 Å². The smallest absolute Gasteiger partial charge is 0.339 e. The Labute approximate surface area is 156 Å². The van der Waals surface area contributed by atoms with Crippen molar-refractivity contribution in [2.24, 2.45) is 0 Å². The van der Waals surface area contributed by atoms with Gasteiger partial charge in [-0.3, -0.25) is 14.9 Å². The Bertz CT molecular complexity index is 908. The van der Waals surface area contributed by atoms with E-state index in [1.807, 2.05) is 0 Å².